The predicted molar refractivity (Wildman–Crippen MR) is 62.5 cm³/mol. The molecule has 1 aliphatic heterocycles. The Labute approximate surface area is 88.4 Å². The standard InChI is InChI=1S/C12H24N2/c1-4-8-14(9-5-2)10-12-6-7-13-11(12)3/h4,11-13H,1,5-10H2,2-3H3. The molecule has 1 aliphatic rings. The fraction of sp³-hybridized carbons (Fsp3) is 0.833. The summed E-state index contributed by atoms with van der Waals surface area (Å²) in [6.45, 7) is 13.0. The van der Waals surface area contributed by atoms with Gasteiger partial charge >= 0.3 is 0 Å². The zero-order valence-electron chi connectivity index (χ0n) is 9.63. The van der Waals surface area contributed by atoms with Gasteiger partial charge in [0.1, 0.15) is 0 Å². The molecule has 2 heteroatoms. The average Bonchev–Trinajstić information content (AvgIpc) is 2.53. The summed E-state index contributed by atoms with van der Waals surface area (Å²) in [5, 5.41) is 3.51. The van der Waals surface area contributed by atoms with Crippen LogP contribution in [0.1, 0.15) is 26.7 Å². The molecule has 0 aliphatic carbocycles. The van der Waals surface area contributed by atoms with Crippen molar-refractivity contribution in [2.75, 3.05) is 26.2 Å². The quantitative estimate of drug-likeness (QED) is 0.653. The van der Waals surface area contributed by atoms with Gasteiger partial charge in [0.25, 0.3) is 0 Å². The summed E-state index contributed by atoms with van der Waals surface area (Å²) in [5.74, 6) is 0.835. The zero-order valence-corrected chi connectivity index (χ0v) is 9.63. The molecule has 2 unspecified atom stereocenters. The molecular formula is C12H24N2. The third-order valence-electron chi connectivity index (χ3n) is 3.11. The second-order valence-electron chi connectivity index (χ2n) is 4.34. The van der Waals surface area contributed by atoms with Crippen molar-refractivity contribution in [2.45, 2.75) is 32.7 Å². The van der Waals surface area contributed by atoms with Crippen molar-refractivity contribution in [2.24, 2.45) is 5.92 Å². The maximum absolute atomic E-state index is 3.82. The summed E-state index contributed by atoms with van der Waals surface area (Å²) in [4.78, 5) is 2.52. The highest BCUT2D eigenvalue weighted by molar-refractivity contribution is 4.84. The molecule has 0 bridgehead atoms. The van der Waals surface area contributed by atoms with Crippen LogP contribution < -0.4 is 5.32 Å². The molecule has 0 amide bonds. The van der Waals surface area contributed by atoms with E-state index in [9.17, 15) is 0 Å². The van der Waals surface area contributed by atoms with Crippen molar-refractivity contribution in [1.82, 2.24) is 10.2 Å². The van der Waals surface area contributed by atoms with Gasteiger partial charge in [-0.1, -0.05) is 13.0 Å². The molecule has 0 aromatic heterocycles. The minimum atomic E-state index is 0.694. The number of nitrogens with zero attached hydrogens (tertiary/aromatic N) is 1. The van der Waals surface area contributed by atoms with Crippen LogP contribution in [0, 0.1) is 5.92 Å². The van der Waals surface area contributed by atoms with E-state index in [4.69, 9.17) is 0 Å². The summed E-state index contributed by atoms with van der Waals surface area (Å²) in [6.07, 6.45) is 4.59. The number of hydrogen-bond acceptors (Lipinski definition) is 2. The largest absolute Gasteiger partial charge is 0.314 e. The Balaban J connectivity index is 2.33. The molecule has 14 heavy (non-hydrogen) atoms. The van der Waals surface area contributed by atoms with Gasteiger partial charge in [-0.3, -0.25) is 4.90 Å². The molecule has 1 heterocycles. The zero-order chi connectivity index (χ0) is 10.4. The van der Waals surface area contributed by atoms with E-state index in [0.717, 1.165) is 12.5 Å². The molecule has 0 spiro atoms. The first-order valence-corrected chi connectivity index (χ1v) is 5.84. The molecule has 0 aromatic carbocycles. The van der Waals surface area contributed by atoms with Crippen molar-refractivity contribution in [3.05, 3.63) is 12.7 Å². The van der Waals surface area contributed by atoms with E-state index in [1.54, 1.807) is 0 Å². The van der Waals surface area contributed by atoms with Crippen LogP contribution in [0.3, 0.4) is 0 Å². The van der Waals surface area contributed by atoms with Crippen LogP contribution in [0.4, 0.5) is 0 Å². The van der Waals surface area contributed by atoms with E-state index in [-0.39, 0.29) is 0 Å². The van der Waals surface area contributed by atoms with Gasteiger partial charge in [-0.05, 0) is 38.8 Å². The van der Waals surface area contributed by atoms with E-state index in [1.165, 1.54) is 32.5 Å². The van der Waals surface area contributed by atoms with Crippen LogP contribution in [-0.4, -0.2) is 37.1 Å². The smallest absolute Gasteiger partial charge is 0.0160 e. The maximum atomic E-state index is 3.82. The molecule has 1 N–H and O–H groups in total. The Morgan fingerprint density at radius 2 is 2.36 bits per heavy atom. The molecule has 82 valence electrons. The lowest BCUT2D eigenvalue weighted by Gasteiger charge is -2.25. The summed E-state index contributed by atoms with van der Waals surface area (Å²) >= 11 is 0. The lowest BCUT2D eigenvalue weighted by Crippen LogP contribution is -2.35. The van der Waals surface area contributed by atoms with Gasteiger partial charge in [0.2, 0.25) is 0 Å². The normalized spacial score (nSPS) is 27.1. The first-order chi connectivity index (χ1) is 6.77. The highest BCUT2D eigenvalue weighted by atomic mass is 15.1. The minimum Gasteiger partial charge on any atom is -0.314 e. The number of rotatable bonds is 6. The average molecular weight is 196 g/mol. The SMILES string of the molecule is C=CCN(CCC)CC1CCNC1C. The van der Waals surface area contributed by atoms with Gasteiger partial charge in [-0.2, -0.15) is 0 Å². The molecule has 2 atom stereocenters. The van der Waals surface area contributed by atoms with Crippen LogP contribution in [0.25, 0.3) is 0 Å². The van der Waals surface area contributed by atoms with E-state index in [0.29, 0.717) is 6.04 Å². The first-order valence-electron chi connectivity index (χ1n) is 5.84. The second kappa shape index (κ2) is 6.20. The molecule has 0 radical (unpaired) electrons. The second-order valence-corrected chi connectivity index (χ2v) is 4.34. The first kappa shape index (κ1) is 11.7. The predicted octanol–water partition coefficient (Wildman–Crippen LogP) is 1.88. The highest BCUT2D eigenvalue weighted by Gasteiger charge is 2.24. The van der Waals surface area contributed by atoms with E-state index in [1.807, 2.05) is 6.08 Å². The lowest BCUT2D eigenvalue weighted by atomic mass is 10.0. The van der Waals surface area contributed by atoms with E-state index in [2.05, 4.69) is 30.6 Å². The van der Waals surface area contributed by atoms with Gasteiger partial charge in [-0.15, -0.1) is 6.58 Å². The summed E-state index contributed by atoms with van der Waals surface area (Å²) in [5.41, 5.74) is 0. The summed E-state index contributed by atoms with van der Waals surface area (Å²) in [7, 11) is 0. The third kappa shape index (κ3) is 3.43. The van der Waals surface area contributed by atoms with Crippen LogP contribution in [0.15, 0.2) is 12.7 Å². The van der Waals surface area contributed by atoms with E-state index >= 15 is 0 Å². The van der Waals surface area contributed by atoms with Gasteiger partial charge in [0.05, 0.1) is 0 Å². The summed E-state index contributed by atoms with van der Waals surface area (Å²) < 4.78 is 0. The molecule has 1 saturated heterocycles. The molecule has 0 saturated carbocycles. The van der Waals surface area contributed by atoms with Crippen LogP contribution >= 0.6 is 0 Å². The fourth-order valence-corrected chi connectivity index (χ4v) is 2.25. The maximum Gasteiger partial charge on any atom is 0.0160 e. The Bertz CT molecular complexity index is 168. The van der Waals surface area contributed by atoms with Gasteiger partial charge in [-0.25, -0.2) is 0 Å². The van der Waals surface area contributed by atoms with Crippen molar-refractivity contribution >= 4 is 0 Å². The Hall–Kier alpha value is -0.340. The van der Waals surface area contributed by atoms with Gasteiger partial charge in [0.15, 0.2) is 0 Å². The van der Waals surface area contributed by atoms with E-state index < -0.39 is 0 Å². The summed E-state index contributed by atoms with van der Waals surface area (Å²) in [6, 6.07) is 0.694. The Morgan fingerprint density at radius 1 is 1.57 bits per heavy atom. The Kier molecular flexibility index (Phi) is 5.20. The molecule has 1 rings (SSSR count). The van der Waals surface area contributed by atoms with Gasteiger partial charge < -0.3 is 5.32 Å². The van der Waals surface area contributed by atoms with Crippen LogP contribution in [-0.2, 0) is 0 Å². The molecule has 1 fully saturated rings. The molecule has 2 nitrogen and oxygen atoms in total. The van der Waals surface area contributed by atoms with Crippen LogP contribution in [0.2, 0.25) is 0 Å². The number of hydrogen-bond donors (Lipinski definition) is 1. The minimum absolute atomic E-state index is 0.694. The fourth-order valence-electron chi connectivity index (χ4n) is 2.25. The molecular weight excluding hydrogens is 172 g/mol. The third-order valence-corrected chi connectivity index (χ3v) is 3.11. The highest BCUT2D eigenvalue weighted by Crippen LogP contribution is 2.16. The van der Waals surface area contributed by atoms with Crippen molar-refractivity contribution in [1.29, 1.82) is 0 Å². The Morgan fingerprint density at radius 3 is 2.86 bits per heavy atom. The van der Waals surface area contributed by atoms with Crippen molar-refractivity contribution in [3.63, 3.8) is 0 Å². The van der Waals surface area contributed by atoms with Crippen LogP contribution in [0.5, 0.6) is 0 Å². The molecule has 0 aromatic rings. The van der Waals surface area contributed by atoms with Crippen molar-refractivity contribution < 1.29 is 0 Å². The topological polar surface area (TPSA) is 15.3 Å². The van der Waals surface area contributed by atoms with Gasteiger partial charge in [0, 0.05) is 19.1 Å². The monoisotopic (exact) mass is 196 g/mol. The number of nitrogens with one attached hydrogen (secondary N) is 1. The van der Waals surface area contributed by atoms with Crippen molar-refractivity contribution in [3.8, 4) is 0 Å². The lowest BCUT2D eigenvalue weighted by molar-refractivity contribution is 0.244.